The first-order chi connectivity index (χ1) is 12.0. The molecular weight excluding hydrogens is 325 g/mol. The number of rotatable bonds is 4. The van der Waals surface area contributed by atoms with E-state index < -0.39 is 23.0 Å². The van der Waals surface area contributed by atoms with Crippen LogP contribution in [0.2, 0.25) is 0 Å². The third-order valence-corrected chi connectivity index (χ3v) is 3.70. The lowest BCUT2D eigenvalue weighted by Gasteiger charge is -2.12. The first-order valence-electron chi connectivity index (χ1n) is 7.43. The van der Waals surface area contributed by atoms with E-state index in [1.165, 1.54) is 16.7 Å². The maximum atomic E-state index is 13.1. The molecule has 7 heteroatoms. The molecule has 3 rings (SSSR count). The molecule has 0 bridgehead atoms. The second-order valence-corrected chi connectivity index (χ2v) is 5.42. The Morgan fingerprint density at radius 2 is 1.64 bits per heavy atom. The number of primary amides is 1. The molecule has 0 fully saturated rings. The van der Waals surface area contributed by atoms with Crippen LogP contribution in [-0.2, 0) is 6.54 Å². The Bertz CT molecular complexity index is 1040. The zero-order valence-corrected chi connectivity index (χ0v) is 13.1. The molecule has 6 nitrogen and oxygen atoms in total. The van der Waals surface area contributed by atoms with Gasteiger partial charge in [0, 0.05) is 6.20 Å². The van der Waals surface area contributed by atoms with Crippen molar-refractivity contribution in [2.24, 2.45) is 5.73 Å². The first kappa shape index (κ1) is 16.4. The topological polar surface area (TPSA) is 87.1 Å². The van der Waals surface area contributed by atoms with Gasteiger partial charge in [0.25, 0.3) is 11.5 Å². The molecule has 1 heterocycles. The SMILES string of the molecule is NC(=O)c1cn(Cc2ccccc2)c(=O)n(-c2ccc(F)cc2)c1=O. The first-order valence-corrected chi connectivity index (χ1v) is 7.43. The van der Waals surface area contributed by atoms with Gasteiger partial charge < -0.3 is 5.73 Å². The van der Waals surface area contributed by atoms with Gasteiger partial charge in [0.05, 0.1) is 12.2 Å². The Morgan fingerprint density at radius 3 is 2.24 bits per heavy atom. The highest BCUT2D eigenvalue weighted by molar-refractivity contribution is 5.92. The highest BCUT2D eigenvalue weighted by atomic mass is 19.1. The van der Waals surface area contributed by atoms with Crippen molar-refractivity contribution in [2.75, 3.05) is 0 Å². The number of carbonyl (C=O) groups is 1. The summed E-state index contributed by atoms with van der Waals surface area (Å²) < 4.78 is 15.2. The van der Waals surface area contributed by atoms with Crippen LogP contribution >= 0.6 is 0 Å². The second-order valence-electron chi connectivity index (χ2n) is 5.42. The van der Waals surface area contributed by atoms with E-state index in [-0.39, 0.29) is 17.8 Å². The maximum Gasteiger partial charge on any atom is 0.335 e. The van der Waals surface area contributed by atoms with Crippen LogP contribution in [0.3, 0.4) is 0 Å². The molecule has 0 aliphatic carbocycles. The maximum absolute atomic E-state index is 13.1. The quantitative estimate of drug-likeness (QED) is 0.777. The molecule has 0 saturated carbocycles. The number of hydrogen-bond acceptors (Lipinski definition) is 3. The van der Waals surface area contributed by atoms with Crippen LogP contribution in [0, 0.1) is 5.82 Å². The van der Waals surface area contributed by atoms with Crippen LogP contribution in [0.4, 0.5) is 4.39 Å². The number of amides is 1. The summed E-state index contributed by atoms with van der Waals surface area (Å²) in [6.45, 7) is 0.154. The van der Waals surface area contributed by atoms with Crippen LogP contribution in [0.5, 0.6) is 0 Å². The molecule has 0 atom stereocenters. The van der Waals surface area contributed by atoms with Crippen LogP contribution in [0.25, 0.3) is 5.69 Å². The summed E-state index contributed by atoms with van der Waals surface area (Å²) >= 11 is 0. The number of carbonyl (C=O) groups excluding carboxylic acids is 1. The molecule has 0 unspecified atom stereocenters. The van der Waals surface area contributed by atoms with Gasteiger partial charge in [-0.2, -0.15) is 0 Å². The summed E-state index contributed by atoms with van der Waals surface area (Å²) in [6, 6.07) is 13.9. The standard InChI is InChI=1S/C18H14FN3O3/c19-13-6-8-14(9-7-13)22-17(24)15(16(20)23)11-21(18(22)25)10-12-4-2-1-3-5-12/h1-9,11H,10H2,(H2,20,23). The molecular formula is C18H14FN3O3. The fourth-order valence-electron chi connectivity index (χ4n) is 2.48. The minimum Gasteiger partial charge on any atom is -0.365 e. The van der Waals surface area contributed by atoms with Crippen LogP contribution in [0.15, 0.2) is 70.4 Å². The third-order valence-electron chi connectivity index (χ3n) is 3.70. The molecule has 25 heavy (non-hydrogen) atoms. The molecule has 0 saturated heterocycles. The van der Waals surface area contributed by atoms with Gasteiger partial charge in [-0.05, 0) is 29.8 Å². The van der Waals surface area contributed by atoms with Crippen LogP contribution in [-0.4, -0.2) is 15.0 Å². The number of nitrogens with zero attached hydrogens (tertiary/aromatic N) is 2. The molecule has 2 N–H and O–H groups in total. The number of hydrogen-bond donors (Lipinski definition) is 1. The van der Waals surface area contributed by atoms with Gasteiger partial charge in [-0.3, -0.25) is 14.2 Å². The van der Waals surface area contributed by atoms with Crippen LogP contribution < -0.4 is 17.0 Å². The fourth-order valence-corrected chi connectivity index (χ4v) is 2.48. The zero-order chi connectivity index (χ0) is 18.0. The Kier molecular flexibility index (Phi) is 4.30. The van der Waals surface area contributed by atoms with Gasteiger partial charge >= 0.3 is 5.69 Å². The summed E-state index contributed by atoms with van der Waals surface area (Å²) in [7, 11) is 0. The van der Waals surface area contributed by atoms with Gasteiger partial charge in [-0.1, -0.05) is 30.3 Å². The minimum absolute atomic E-state index is 0.154. The van der Waals surface area contributed by atoms with E-state index in [0.717, 1.165) is 28.5 Å². The van der Waals surface area contributed by atoms with Crippen molar-refractivity contribution < 1.29 is 9.18 Å². The van der Waals surface area contributed by atoms with Crippen molar-refractivity contribution in [2.45, 2.75) is 6.54 Å². The van der Waals surface area contributed by atoms with Crippen molar-refractivity contribution in [1.82, 2.24) is 9.13 Å². The number of benzene rings is 2. The molecule has 0 spiro atoms. The van der Waals surface area contributed by atoms with E-state index in [4.69, 9.17) is 5.73 Å². The third kappa shape index (κ3) is 3.25. The number of halogens is 1. The smallest absolute Gasteiger partial charge is 0.335 e. The largest absolute Gasteiger partial charge is 0.365 e. The van der Waals surface area contributed by atoms with Gasteiger partial charge in [0.15, 0.2) is 0 Å². The minimum atomic E-state index is -0.942. The van der Waals surface area contributed by atoms with Crippen molar-refractivity contribution in [3.8, 4) is 5.69 Å². The van der Waals surface area contributed by atoms with Gasteiger partial charge in [-0.15, -0.1) is 0 Å². The predicted molar refractivity (Wildman–Crippen MR) is 90.3 cm³/mol. The second kappa shape index (κ2) is 6.56. The van der Waals surface area contributed by atoms with Crippen molar-refractivity contribution in [1.29, 1.82) is 0 Å². The number of nitrogens with two attached hydrogens (primary N) is 1. The monoisotopic (exact) mass is 339 g/mol. The van der Waals surface area contributed by atoms with E-state index in [2.05, 4.69) is 0 Å². The average Bonchev–Trinajstić information content (AvgIpc) is 2.60. The number of aromatic nitrogens is 2. The van der Waals surface area contributed by atoms with E-state index in [1.54, 1.807) is 0 Å². The van der Waals surface area contributed by atoms with Crippen molar-refractivity contribution in [3.63, 3.8) is 0 Å². The Morgan fingerprint density at radius 1 is 1.00 bits per heavy atom. The molecule has 0 aliphatic heterocycles. The summed E-state index contributed by atoms with van der Waals surface area (Å²) in [5.41, 5.74) is 4.43. The van der Waals surface area contributed by atoms with E-state index in [1.807, 2.05) is 30.3 Å². The highest BCUT2D eigenvalue weighted by Crippen LogP contribution is 2.06. The van der Waals surface area contributed by atoms with Crippen molar-refractivity contribution >= 4 is 5.91 Å². The van der Waals surface area contributed by atoms with E-state index >= 15 is 0 Å². The molecule has 1 amide bonds. The molecule has 0 aliphatic rings. The van der Waals surface area contributed by atoms with Crippen molar-refractivity contribution in [3.05, 3.63) is 98.6 Å². The lowest BCUT2D eigenvalue weighted by Crippen LogP contribution is -2.42. The van der Waals surface area contributed by atoms with Gasteiger partial charge in [0.1, 0.15) is 11.4 Å². The summed E-state index contributed by atoms with van der Waals surface area (Å²) in [5, 5.41) is 0. The van der Waals surface area contributed by atoms with Gasteiger partial charge in [0.2, 0.25) is 0 Å². The lowest BCUT2D eigenvalue weighted by molar-refractivity contribution is 0.0997. The molecule has 3 aromatic rings. The summed E-state index contributed by atoms with van der Waals surface area (Å²) in [5.74, 6) is -1.45. The van der Waals surface area contributed by atoms with E-state index in [9.17, 15) is 18.8 Å². The zero-order valence-electron chi connectivity index (χ0n) is 13.1. The molecule has 126 valence electrons. The highest BCUT2D eigenvalue weighted by Gasteiger charge is 2.16. The fraction of sp³-hybridized carbons (Fsp3) is 0.0556. The van der Waals surface area contributed by atoms with Crippen LogP contribution in [0.1, 0.15) is 15.9 Å². The molecule has 1 aromatic heterocycles. The Labute approximate surface area is 141 Å². The lowest BCUT2D eigenvalue weighted by atomic mass is 10.2. The Hall–Kier alpha value is -3.48. The molecule has 0 radical (unpaired) electrons. The average molecular weight is 339 g/mol. The Balaban J connectivity index is 2.23. The molecule has 2 aromatic carbocycles. The normalized spacial score (nSPS) is 10.6. The van der Waals surface area contributed by atoms with Gasteiger partial charge in [-0.25, -0.2) is 13.8 Å². The van der Waals surface area contributed by atoms with E-state index in [0.29, 0.717) is 0 Å². The summed E-state index contributed by atoms with van der Waals surface area (Å²) in [6.07, 6.45) is 1.15. The summed E-state index contributed by atoms with van der Waals surface area (Å²) in [4.78, 5) is 36.8. The predicted octanol–water partition coefficient (Wildman–Crippen LogP) is 1.29.